The second-order valence-corrected chi connectivity index (χ2v) is 57.4. The Bertz CT molecular complexity index is 5430. The molecule has 0 unspecified atom stereocenters. The fourth-order valence-corrected chi connectivity index (χ4v) is 12.6. The maximum atomic E-state index is 13.7. The van der Waals surface area contributed by atoms with Gasteiger partial charge in [0.1, 0.15) is 57.2 Å². The number of aromatic hydroxyl groups is 5. The average Bonchev–Trinajstić information content (AvgIpc) is 0.756. The number of rotatable bonds is 13. The second-order valence-electron chi connectivity index (χ2n) is 35.6. The molecule has 0 atom stereocenters. The number of hydrogen-bond donors (Lipinski definition) is 5. The summed E-state index contributed by atoms with van der Waals surface area (Å²) in [6.45, 7) is 50.8. The predicted octanol–water partition coefficient (Wildman–Crippen LogP) is 32.9. The van der Waals surface area contributed by atoms with Crippen LogP contribution < -0.4 is 14.2 Å². The van der Waals surface area contributed by atoms with Crippen LogP contribution in [0, 0.1) is 113 Å². The minimum absolute atomic E-state index is 0. The topological polar surface area (TPSA) is 219 Å². The van der Waals surface area contributed by atoms with Crippen molar-refractivity contribution in [1.29, 1.82) is 0 Å². The molecule has 135 heavy (non-hydrogen) atoms. The third kappa shape index (κ3) is 45.9. The molecule has 10 aromatic carbocycles. The van der Waals surface area contributed by atoms with Crippen molar-refractivity contribution in [2.45, 2.75) is 200 Å². The van der Waals surface area contributed by atoms with Crippen LogP contribution in [0.2, 0.25) is 0 Å². The summed E-state index contributed by atoms with van der Waals surface area (Å²) >= 11 is 12.3. The molecule has 0 aliphatic rings. The zero-order chi connectivity index (χ0) is 101. The van der Waals surface area contributed by atoms with Gasteiger partial charge in [-0.05, 0) is 200 Å². The van der Waals surface area contributed by atoms with E-state index in [9.17, 15) is 47.5 Å². The molecule has 0 spiro atoms. The molecule has 0 aliphatic carbocycles. The van der Waals surface area contributed by atoms with Crippen LogP contribution in [-0.2, 0) is 130 Å². The van der Waals surface area contributed by atoms with Gasteiger partial charge in [0.2, 0.25) is 11.6 Å². The third-order valence-electron chi connectivity index (χ3n) is 18.8. The first-order valence-corrected chi connectivity index (χ1v) is 64.4. The van der Waals surface area contributed by atoms with Crippen LogP contribution in [-0.4, -0.2) is 106 Å². The van der Waals surface area contributed by atoms with Gasteiger partial charge < -0.3 is 65.2 Å². The molecular weight excluding hydrogens is 2330 g/mol. The van der Waals surface area contributed by atoms with Crippen LogP contribution in [0.5, 0.6) is 46.0 Å². The van der Waals surface area contributed by atoms with Gasteiger partial charge in [-0.1, -0.05) is 206 Å². The van der Waals surface area contributed by atoms with Crippen molar-refractivity contribution < 1.29 is 165 Å². The Morgan fingerprint density at radius 2 is 0.593 bits per heavy atom. The number of aryl methyl sites for hydroxylation is 10. The van der Waals surface area contributed by atoms with Gasteiger partial charge in [0.25, 0.3) is 0 Å². The average molecular weight is 2470 g/mol. The number of halogens is 11. The van der Waals surface area contributed by atoms with Crippen molar-refractivity contribution in [1.82, 2.24) is 0 Å². The van der Waals surface area contributed by atoms with Crippen molar-refractivity contribution in [2.24, 2.45) is 25.0 Å². The first-order valence-electron chi connectivity index (χ1n) is 41.2. The Morgan fingerprint density at radius 1 is 0.348 bits per heavy atom. The molecule has 0 fully saturated rings. The van der Waals surface area contributed by atoms with Gasteiger partial charge in [0.05, 0.1) is 26.9 Å². The number of benzene rings is 10. The van der Waals surface area contributed by atoms with E-state index >= 15 is 0 Å². The zero-order valence-corrected chi connectivity index (χ0v) is 103. The van der Waals surface area contributed by atoms with Gasteiger partial charge in [-0.3, -0.25) is 25.0 Å². The molecule has 0 bridgehead atoms. The largest absolute Gasteiger partial charge is 2.00 e. The van der Waals surface area contributed by atoms with Crippen LogP contribution >= 0.6 is 69.4 Å². The van der Waals surface area contributed by atoms with Crippen LogP contribution in [0.3, 0.4) is 0 Å². The van der Waals surface area contributed by atoms with Crippen molar-refractivity contribution in [3.05, 3.63) is 299 Å². The summed E-state index contributed by atoms with van der Waals surface area (Å²) in [6.07, 6.45) is 7.66. The van der Waals surface area contributed by atoms with Crippen molar-refractivity contribution in [3.63, 3.8) is 0 Å². The molecule has 10 aromatic rings. The van der Waals surface area contributed by atoms with E-state index in [0.29, 0.717) is 57.3 Å². The Hall–Kier alpha value is -4.90. The van der Waals surface area contributed by atoms with Crippen molar-refractivity contribution in [3.8, 4) is 46.0 Å². The molecule has 730 valence electrons. The van der Waals surface area contributed by atoms with Gasteiger partial charge >= 0.3 is 172 Å². The molecule has 31 heteroatoms. The Labute approximate surface area is 902 Å². The molecule has 5 N–H and O–H groups in total. The summed E-state index contributed by atoms with van der Waals surface area (Å²) in [4.78, 5) is 21.8. The van der Waals surface area contributed by atoms with Gasteiger partial charge in [0.15, 0.2) is 34.8 Å². The van der Waals surface area contributed by atoms with E-state index < -0.39 is 57.1 Å². The standard InChI is InChI=1S/C21H27NO4.C21H27NO.C20H25NO.C18H16F5NO.C18H21NO.2C2H6N.2CH3.4BrH.2ClH.2Ti.3Zr/c1-13-8-15(21(2,3)4)19(23)16(9-13)22-12-14-10-17(24-5)20(26-7)18(11-14)25-6;1-13-8-15(3)17(16(4)9-13)12-22-19-11-14(2)10-18(20(19)23)21(5,6)7;1-13-7-8-15(3)16(9-13)12-21-18-11-14(2)10-17(19(18)22)20(4,5)6;1-8-5-10(18(2,3)4)17(25)11(6-8)24-7-9-12(19)14(21)16(23)15(22)13(9)20;1-13-10-15(18(2,3)4)17(20)16(11-13)19-12-14-8-6-5-7-9-14;2*1-3-2;;;;;;;;;;;;;/h8-12,23H,1-7H3;8-12,23H,1-7H3;7-12,22H,1-6H3;5-7,25H,1-4H3;5-12,20H,1-4H3;2*1-2H3;2*1H3;6*1H;;;;;/q;;;;;4*-1;;;;;;;5*+2/p-6. The van der Waals surface area contributed by atoms with Crippen LogP contribution in [0.15, 0.2) is 158 Å². The molecule has 15 nitrogen and oxygen atoms in total. The van der Waals surface area contributed by atoms with Gasteiger partial charge in [-0.2, -0.15) is 28.2 Å². The molecule has 10 rings (SSSR count). The Balaban J connectivity index is -0.000000760. The van der Waals surface area contributed by atoms with E-state index in [1.165, 1.54) is 33.9 Å². The van der Waals surface area contributed by atoms with E-state index in [0.717, 1.165) is 66.8 Å². The summed E-state index contributed by atoms with van der Waals surface area (Å²) in [5.41, 5.74) is 19.6. The number of aliphatic imine (C=N–C) groups is 5. The van der Waals surface area contributed by atoms with E-state index in [-0.39, 0.29) is 157 Å². The van der Waals surface area contributed by atoms with Crippen molar-refractivity contribution >= 4 is 129 Å². The number of phenolic OH excluding ortho intramolecular Hbond substituents is 5. The maximum Gasteiger partial charge on any atom is 2.00 e. The minimum Gasteiger partial charge on any atom is 2.00 e. The molecule has 0 aliphatic heterocycles. The van der Waals surface area contributed by atoms with Crippen molar-refractivity contribution in [2.75, 3.05) is 49.5 Å². The quantitative estimate of drug-likeness (QED) is 0.0186. The number of nitrogens with zero attached hydrogens (tertiary/aromatic N) is 7. The molecule has 0 saturated carbocycles. The maximum absolute atomic E-state index is 13.7. The summed E-state index contributed by atoms with van der Waals surface area (Å²) in [5.74, 6) is -7.86. The van der Waals surface area contributed by atoms with Crippen LogP contribution in [0.1, 0.15) is 215 Å². The van der Waals surface area contributed by atoms with E-state index in [1.54, 1.807) is 74.9 Å². The predicted molar refractivity (Wildman–Crippen MR) is 560 cm³/mol. The summed E-state index contributed by atoms with van der Waals surface area (Å²) in [5, 5.41) is 59.5. The Kier molecular flexibility index (Phi) is 66.7. The first kappa shape index (κ1) is 136. The second kappa shape index (κ2) is 66.0. The fraction of sp³-hybridized carbons (Fsp3) is 0.356. The van der Waals surface area contributed by atoms with E-state index in [2.05, 4.69) is 234 Å². The normalized spacial score (nSPS) is 10.9. The first-order chi connectivity index (χ1) is 60.9. The number of hydrogen-bond acceptors (Lipinski definition) is 13. The third-order valence-corrected chi connectivity index (χ3v) is 18.8. The van der Waals surface area contributed by atoms with Gasteiger partial charge in [0, 0.05) is 64.5 Å². The van der Waals surface area contributed by atoms with E-state index in [1.807, 2.05) is 152 Å². The SMILES string of the molecule is COc1cc(C=Nc2cc(C)cc(C(C)(C)C)c2O)cc(OC)c1OC.C[N-]C.C[N-]C.Cc1cc(C)c(C=Nc2cc(C)cc(C(C)(C)C)c2O)c(C)c1.Cc1cc(N=Cc2c(F)c(F)c(F)c(F)c2F)c(O)c(C(C)(C)C)c1.Cc1cc(N=Cc2ccccc2)c(O)c(C(C)(C)C)c1.Cc1ccc(C)c(C=Nc2cc(C)cc(C(C)(C)C)c2O)c1.[Br][Ti][Br].[Br][Zr][Br].[CH3-].[CH3-].[Cl][Ti][Cl].[Zr+2].[Zr+2]. The molecule has 0 aromatic heterocycles. The molecular formula is C104H134Br4Cl2F5N7O8Ti2Zr3. The van der Waals surface area contributed by atoms with Crippen LogP contribution in [0.25, 0.3) is 10.6 Å². The summed E-state index contributed by atoms with van der Waals surface area (Å²) in [7, 11) is 21.5. The monoisotopic (exact) mass is 2460 g/mol. The number of phenols is 5. The van der Waals surface area contributed by atoms with Gasteiger partial charge in [-0.15, -0.1) is 0 Å². The summed E-state index contributed by atoms with van der Waals surface area (Å²) in [6, 6.07) is 43.0. The minimum atomic E-state index is -2.24. The molecule has 0 radical (unpaired) electrons. The Morgan fingerprint density at radius 3 is 0.859 bits per heavy atom. The summed E-state index contributed by atoms with van der Waals surface area (Å²) < 4.78 is 82.9. The molecule has 0 heterocycles. The molecule has 0 amide bonds. The fourth-order valence-electron chi connectivity index (χ4n) is 12.6. The number of ether oxygens (including phenoxy) is 3. The van der Waals surface area contributed by atoms with Gasteiger partial charge in [-0.25, -0.2) is 22.0 Å². The zero-order valence-electron chi connectivity index (χ0n) is 84.3. The van der Waals surface area contributed by atoms with E-state index in [4.69, 9.17) is 32.8 Å². The van der Waals surface area contributed by atoms with Crippen LogP contribution in [0.4, 0.5) is 50.4 Å². The molecule has 0 saturated heterocycles. The number of methoxy groups -OCH3 is 3. The smallest absolute Gasteiger partial charge is 2.00 e.